The number of primary amides is 1. The topological polar surface area (TPSA) is 72.3 Å². The maximum atomic E-state index is 11.1. The normalized spacial score (nSPS) is 23.7. The highest BCUT2D eigenvalue weighted by molar-refractivity contribution is 5.93. The summed E-state index contributed by atoms with van der Waals surface area (Å²) in [5.74, 6) is -0.431. The van der Waals surface area contributed by atoms with E-state index in [0.29, 0.717) is 23.3 Å². The SMILES string of the molecule is CCC1CCC(C)N1Cc1ccc(C(N)=O)cc1N. The van der Waals surface area contributed by atoms with Crippen molar-refractivity contribution in [3.05, 3.63) is 29.3 Å². The average molecular weight is 261 g/mol. The zero-order valence-electron chi connectivity index (χ0n) is 11.7. The molecule has 19 heavy (non-hydrogen) atoms. The molecule has 2 rings (SSSR count). The van der Waals surface area contributed by atoms with Gasteiger partial charge >= 0.3 is 0 Å². The van der Waals surface area contributed by atoms with Gasteiger partial charge in [-0.25, -0.2) is 0 Å². The second kappa shape index (κ2) is 5.61. The number of nitrogens with two attached hydrogens (primary N) is 2. The number of carbonyl (C=O) groups excluding carboxylic acids is 1. The van der Waals surface area contributed by atoms with E-state index in [4.69, 9.17) is 11.5 Å². The lowest BCUT2D eigenvalue weighted by atomic mass is 10.1. The molecule has 0 bridgehead atoms. The van der Waals surface area contributed by atoms with Crippen molar-refractivity contribution < 1.29 is 4.79 Å². The van der Waals surface area contributed by atoms with Crippen molar-refractivity contribution in [1.82, 2.24) is 4.90 Å². The molecule has 1 aliphatic rings. The highest BCUT2D eigenvalue weighted by Crippen LogP contribution is 2.29. The van der Waals surface area contributed by atoms with Gasteiger partial charge in [-0.3, -0.25) is 9.69 Å². The molecule has 0 spiro atoms. The molecule has 2 unspecified atom stereocenters. The van der Waals surface area contributed by atoms with Crippen LogP contribution < -0.4 is 11.5 Å². The second-order valence-electron chi connectivity index (χ2n) is 5.44. The highest BCUT2D eigenvalue weighted by Gasteiger charge is 2.29. The van der Waals surface area contributed by atoms with E-state index in [1.54, 1.807) is 12.1 Å². The fourth-order valence-electron chi connectivity index (χ4n) is 2.94. The van der Waals surface area contributed by atoms with Gasteiger partial charge in [-0.05, 0) is 43.9 Å². The lowest BCUT2D eigenvalue weighted by Crippen LogP contribution is -2.33. The Bertz CT molecular complexity index is 472. The second-order valence-corrected chi connectivity index (χ2v) is 5.44. The van der Waals surface area contributed by atoms with E-state index in [9.17, 15) is 4.79 Å². The number of carbonyl (C=O) groups is 1. The summed E-state index contributed by atoms with van der Waals surface area (Å²) in [5.41, 5.74) is 13.5. The molecule has 2 atom stereocenters. The van der Waals surface area contributed by atoms with Crippen LogP contribution in [0.25, 0.3) is 0 Å². The Morgan fingerprint density at radius 2 is 2.16 bits per heavy atom. The number of anilines is 1. The number of benzene rings is 1. The van der Waals surface area contributed by atoms with Gasteiger partial charge in [0.15, 0.2) is 0 Å². The quantitative estimate of drug-likeness (QED) is 0.815. The molecule has 1 saturated heterocycles. The van der Waals surface area contributed by atoms with Gasteiger partial charge in [0.25, 0.3) is 0 Å². The van der Waals surface area contributed by atoms with Crippen LogP contribution in [0.5, 0.6) is 0 Å². The first-order valence-electron chi connectivity index (χ1n) is 6.96. The lowest BCUT2D eigenvalue weighted by Gasteiger charge is -2.28. The number of nitrogens with zero attached hydrogens (tertiary/aromatic N) is 1. The molecule has 1 heterocycles. The molecule has 1 aromatic rings. The molecule has 1 amide bonds. The van der Waals surface area contributed by atoms with E-state index in [-0.39, 0.29) is 0 Å². The zero-order chi connectivity index (χ0) is 14.0. The van der Waals surface area contributed by atoms with Crippen LogP contribution in [0.4, 0.5) is 5.69 Å². The highest BCUT2D eigenvalue weighted by atomic mass is 16.1. The predicted octanol–water partition coefficient (Wildman–Crippen LogP) is 2.13. The summed E-state index contributed by atoms with van der Waals surface area (Å²) in [6, 6.07) is 6.60. The maximum absolute atomic E-state index is 11.1. The number of hydrogen-bond donors (Lipinski definition) is 2. The maximum Gasteiger partial charge on any atom is 0.248 e. The third-order valence-corrected chi connectivity index (χ3v) is 4.21. The fourth-order valence-corrected chi connectivity index (χ4v) is 2.94. The predicted molar refractivity (Wildman–Crippen MR) is 77.7 cm³/mol. The van der Waals surface area contributed by atoms with E-state index in [1.165, 1.54) is 19.3 Å². The number of hydrogen-bond acceptors (Lipinski definition) is 3. The van der Waals surface area contributed by atoms with E-state index in [2.05, 4.69) is 18.7 Å². The van der Waals surface area contributed by atoms with Gasteiger partial charge in [-0.1, -0.05) is 13.0 Å². The minimum absolute atomic E-state index is 0.431. The van der Waals surface area contributed by atoms with E-state index >= 15 is 0 Å². The van der Waals surface area contributed by atoms with Gasteiger partial charge in [0.1, 0.15) is 0 Å². The van der Waals surface area contributed by atoms with Gasteiger partial charge in [-0.2, -0.15) is 0 Å². The monoisotopic (exact) mass is 261 g/mol. The number of nitrogen functional groups attached to an aromatic ring is 1. The van der Waals surface area contributed by atoms with Gasteiger partial charge in [0.2, 0.25) is 5.91 Å². The Balaban J connectivity index is 2.17. The summed E-state index contributed by atoms with van der Waals surface area (Å²) in [6.45, 7) is 5.35. The van der Waals surface area contributed by atoms with Crippen LogP contribution >= 0.6 is 0 Å². The van der Waals surface area contributed by atoms with Crippen molar-refractivity contribution in [3.63, 3.8) is 0 Å². The minimum atomic E-state index is -0.431. The van der Waals surface area contributed by atoms with E-state index in [0.717, 1.165) is 12.1 Å². The van der Waals surface area contributed by atoms with Crippen LogP contribution in [0.15, 0.2) is 18.2 Å². The summed E-state index contributed by atoms with van der Waals surface area (Å²) >= 11 is 0. The van der Waals surface area contributed by atoms with Crippen molar-refractivity contribution in [1.29, 1.82) is 0 Å². The largest absolute Gasteiger partial charge is 0.398 e. The molecule has 1 fully saturated rings. The molecule has 0 saturated carbocycles. The van der Waals surface area contributed by atoms with Crippen LogP contribution in [-0.4, -0.2) is 22.9 Å². The number of likely N-dealkylation sites (tertiary alicyclic amines) is 1. The Morgan fingerprint density at radius 1 is 1.42 bits per heavy atom. The number of amides is 1. The Kier molecular flexibility index (Phi) is 4.10. The molecule has 4 nitrogen and oxygen atoms in total. The molecule has 0 aliphatic carbocycles. The summed E-state index contributed by atoms with van der Waals surface area (Å²) in [5, 5.41) is 0. The van der Waals surface area contributed by atoms with Crippen LogP contribution in [-0.2, 0) is 6.54 Å². The third kappa shape index (κ3) is 2.89. The molecule has 104 valence electrons. The van der Waals surface area contributed by atoms with E-state index < -0.39 is 5.91 Å². The van der Waals surface area contributed by atoms with E-state index in [1.807, 2.05) is 6.07 Å². The van der Waals surface area contributed by atoms with Gasteiger partial charge in [0.05, 0.1) is 0 Å². The molecule has 0 aromatic heterocycles. The molecule has 0 radical (unpaired) electrons. The van der Waals surface area contributed by atoms with Crippen LogP contribution in [0.1, 0.15) is 49.0 Å². The van der Waals surface area contributed by atoms with Crippen molar-refractivity contribution in [2.75, 3.05) is 5.73 Å². The first kappa shape index (κ1) is 13.9. The Labute approximate surface area is 114 Å². The van der Waals surface area contributed by atoms with Crippen LogP contribution in [0, 0.1) is 0 Å². The lowest BCUT2D eigenvalue weighted by molar-refractivity contribution is 0.100. The fraction of sp³-hybridized carbons (Fsp3) is 0.533. The van der Waals surface area contributed by atoms with Gasteiger partial charge in [-0.15, -0.1) is 0 Å². The average Bonchev–Trinajstić information content (AvgIpc) is 2.72. The van der Waals surface area contributed by atoms with Crippen molar-refractivity contribution in [2.45, 2.75) is 51.7 Å². The minimum Gasteiger partial charge on any atom is -0.398 e. The third-order valence-electron chi connectivity index (χ3n) is 4.21. The molecule has 4 heteroatoms. The molecule has 1 aliphatic heterocycles. The summed E-state index contributed by atoms with van der Waals surface area (Å²) < 4.78 is 0. The Hall–Kier alpha value is -1.55. The summed E-state index contributed by atoms with van der Waals surface area (Å²) in [6.07, 6.45) is 3.68. The Morgan fingerprint density at radius 3 is 2.74 bits per heavy atom. The smallest absolute Gasteiger partial charge is 0.248 e. The standard InChI is InChI=1S/C15H23N3O/c1-3-13-7-4-10(2)18(13)9-12-6-5-11(15(17)19)8-14(12)16/h5-6,8,10,13H,3-4,7,9,16H2,1-2H3,(H2,17,19). The summed E-state index contributed by atoms with van der Waals surface area (Å²) in [4.78, 5) is 13.6. The molecule has 4 N–H and O–H groups in total. The summed E-state index contributed by atoms with van der Waals surface area (Å²) in [7, 11) is 0. The first-order chi connectivity index (χ1) is 9.02. The number of rotatable bonds is 4. The molecular formula is C15H23N3O. The van der Waals surface area contributed by atoms with Crippen molar-refractivity contribution >= 4 is 11.6 Å². The van der Waals surface area contributed by atoms with Gasteiger partial charge in [0, 0.05) is 29.9 Å². The van der Waals surface area contributed by atoms with Crippen LogP contribution in [0.2, 0.25) is 0 Å². The van der Waals surface area contributed by atoms with Crippen molar-refractivity contribution in [3.8, 4) is 0 Å². The molecule has 1 aromatic carbocycles. The molecular weight excluding hydrogens is 238 g/mol. The zero-order valence-corrected chi connectivity index (χ0v) is 11.7. The van der Waals surface area contributed by atoms with Crippen LogP contribution in [0.3, 0.4) is 0 Å². The first-order valence-corrected chi connectivity index (χ1v) is 6.96. The van der Waals surface area contributed by atoms with Gasteiger partial charge < -0.3 is 11.5 Å². The van der Waals surface area contributed by atoms with Crippen molar-refractivity contribution in [2.24, 2.45) is 5.73 Å².